The first-order chi connectivity index (χ1) is 9.00. The molecule has 0 aliphatic heterocycles. The normalized spacial score (nSPS) is 10.7. The zero-order chi connectivity index (χ0) is 14.3. The lowest BCUT2D eigenvalue weighted by Crippen LogP contribution is -2.20. The number of rotatable bonds is 8. The van der Waals surface area contributed by atoms with Crippen LogP contribution in [0, 0.1) is 10.1 Å². The van der Waals surface area contributed by atoms with Crippen LogP contribution >= 0.6 is 0 Å². The van der Waals surface area contributed by atoms with Crippen LogP contribution < -0.4 is 11.1 Å². The molecular weight excluding hydrogens is 252 g/mol. The maximum Gasteiger partial charge on any atom is 0.329 e. The van der Waals surface area contributed by atoms with Crippen molar-refractivity contribution in [1.29, 1.82) is 0 Å². The van der Waals surface area contributed by atoms with Gasteiger partial charge < -0.3 is 20.7 Å². The highest BCUT2D eigenvalue weighted by molar-refractivity contribution is 5.56. The molecule has 0 saturated carbocycles. The van der Waals surface area contributed by atoms with Gasteiger partial charge in [-0.3, -0.25) is 10.1 Å². The summed E-state index contributed by atoms with van der Waals surface area (Å²) in [6, 6.07) is 0. The van der Waals surface area contributed by atoms with Gasteiger partial charge in [-0.2, -0.15) is 4.98 Å². The maximum atomic E-state index is 10.8. The minimum Gasteiger partial charge on any atom is -0.378 e. The van der Waals surface area contributed by atoms with E-state index in [0.29, 0.717) is 19.8 Å². The van der Waals surface area contributed by atoms with Crippen LogP contribution in [0.3, 0.4) is 0 Å². The molecule has 9 nitrogen and oxygen atoms in total. The molecule has 1 aromatic heterocycles. The van der Waals surface area contributed by atoms with Crippen LogP contribution in [0.4, 0.5) is 17.5 Å². The molecule has 3 N–H and O–H groups in total. The van der Waals surface area contributed by atoms with Gasteiger partial charge in [-0.15, -0.1) is 0 Å². The smallest absolute Gasteiger partial charge is 0.329 e. The Labute approximate surface area is 110 Å². The van der Waals surface area contributed by atoms with Gasteiger partial charge in [0.25, 0.3) is 0 Å². The highest BCUT2D eigenvalue weighted by Gasteiger charge is 2.15. The quantitative estimate of drug-likeness (QED) is 0.383. The Balaban J connectivity index is 2.40. The van der Waals surface area contributed by atoms with Crippen molar-refractivity contribution < 1.29 is 9.66 Å². The summed E-state index contributed by atoms with van der Waals surface area (Å²) in [6.07, 6.45) is 1.08. The van der Waals surface area contributed by atoms with Gasteiger partial charge >= 0.3 is 5.69 Å². The van der Waals surface area contributed by atoms with Crippen LogP contribution in [-0.4, -0.2) is 60.2 Å². The fraction of sp³-hybridized carbons (Fsp3) is 0.600. The summed E-state index contributed by atoms with van der Waals surface area (Å²) in [5.74, 6) is 0.0929. The molecule has 0 radical (unpaired) electrons. The van der Waals surface area contributed by atoms with E-state index in [1.54, 1.807) is 0 Å². The van der Waals surface area contributed by atoms with E-state index in [1.807, 2.05) is 19.0 Å². The number of ether oxygens (including phenoxy) is 1. The topological polar surface area (TPSA) is 119 Å². The van der Waals surface area contributed by atoms with Crippen LogP contribution in [0.25, 0.3) is 0 Å². The molecule has 106 valence electrons. The number of hydrogen-bond donors (Lipinski definition) is 2. The molecule has 0 aliphatic rings. The van der Waals surface area contributed by atoms with Crippen molar-refractivity contribution in [2.45, 2.75) is 0 Å². The number of anilines is 2. The van der Waals surface area contributed by atoms with Gasteiger partial charge in [0.15, 0.2) is 0 Å². The molecular formula is C10H18N6O3. The van der Waals surface area contributed by atoms with Crippen molar-refractivity contribution >= 4 is 17.5 Å². The zero-order valence-electron chi connectivity index (χ0n) is 11.0. The molecule has 0 aromatic carbocycles. The second-order valence-electron chi connectivity index (χ2n) is 4.06. The molecule has 19 heavy (non-hydrogen) atoms. The first-order valence-corrected chi connectivity index (χ1v) is 5.74. The molecule has 0 spiro atoms. The summed E-state index contributed by atoms with van der Waals surface area (Å²) < 4.78 is 5.35. The lowest BCUT2D eigenvalue weighted by molar-refractivity contribution is -0.384. The minimum atomic E-state index is -0.561. The van der Waals surface area contributed by atoms with E-state index in [2.05, 4.69) is 15.3 Å². The number of nitrogens with two attached hydrogens (primary N) is 1. The number of nitro groups is 1. The molecule has 0 fully saturated rings. The predicted octanol–water partition coefficient (Wildman–Crippen LogP) is -0.0429. The molecule has 1 rings (SSSR count). The molecule has 0 aliphatic carbocycles. The van der Waals surface area contributed by atoms with Gasteiger partial charge in [-0.05, 0) is 14.1 Å². The molecule has 0 atom stereocenters. The van der Waals surface area contributed by atoms with Crippen molar-refractivity contribution in [1.82, 2.24) is 14.9 Å². The number of hydrogen-bond acceptors (Lipinski definition) is 8. The average Bonchev–Trinajstić information content (AvgIpc) is 2.33. The van der Waals surface area contributed by atoms with Crippen LogP contribution in [0.1, 0.15) is 0 Å². The maximum absolute atomic E-state index is 10.8. The Hall–Kier alpha value is -2.00. The molecule has 0 saturated heterocycles. The number of nitrogens with one attached hydrogen (secondary N) is 1. The Bertz CT molecular complexity index is 426. The van der Waals surface area contributed by atoms with E-state index >= 15 is 0 Å². The Morgan fingerprint density at radius 2 is 2.26 bits per heavy atom. The van der Waals surface area contributed by atoms with Gasteiger partial charge in [0.05, 0.1) is 18.1 Å². The second-order valence-corrected chi connectivity index (χ2v) is 4.06. The summed E-state index contributed by atoms with van der Waals surface area (Å²) in [5.41, 5.74) is 5.19. The molecule has 1 aromatic rings. The third-order valence-corrected chi connectivity index (χ3v) is 2.21. The SMILES string of the molecule is CN(C)CCOCCNc1nc(N)ncc1[N+](=O)[O-]. The third kappa shape index (κ3) is 5.44. The summed E-state index contributed by atoms with van der Waals surface area (Å²) in [5, 5.41) is 13.6. The van der Waals surface area contributed by atoms with Crippen molar-refractivity contribution in [3.63, 3.8) is 0 Å². The van der Waals surface area contributed by atoms with E-state index < -0.39 is 4.92 Å². The van der Waals surface area contributed by atoms with E-state index in [9.17, 15) is 10.1 Å². The number of nitrogen functional groups attached to an aromatic ring is 1. The molecule has 0 amide bonds. The fourth-order valence-electron chi connectivity index (χ4n) is 1.24. The Morgan fingerprint density at radius 3 is 2.89 bits per heavy atom. The largest absolute Gasteiger partial charge is 0.378 e. The zero-order valence-corrected chi connectivity index (χ0v) is 11.0. The first kappa shape index (κ1) is 15.1. The van der Waals surface area contributed by atoms with Crippen LogP contribution in [0.15, 0.2) is 6.20 Å². The summed E-state index contributed by atoms with van der Waals surface area (Å²) in [4.78, 5) is 19.6. The van der Waals surface area contributed by atoms with Crippen molar-refractivity contribution in [2.75, 3.05) is 51.4 Å². The highest BCUT2D eigenvalue weighted by Crippen LogP contribution is 2.20. The Morgan fingerprint density at radius 1 is 1.53 bits per heavy atom. The lowest BCUT2D eigenvalue weighted by atomic mass is 10.4. The Kier molecular flexibility index (Phi) is 5.90. The third-order valence-electron chi connectivity index (χ3n) is 2.21. The lowest BCUT2D eigenvalue weighted by Gasteiger charge is -2.10. The van der Waals surface area contributed by atoms with E-state index in [-0.39, 0.29) is 17.5 Å². The van der Waals surface area contributed by atoms with Crippen LogP contribution in [-0.2, 0) is 4.74 Å². The summed E-state index contributed by atoms with van der Waals surface area (Å²) >= 11 is 0. The van der Waals surface area contributed by atoms with E-state index in [0.717, 1.165) is 12.7 Å². The van der Waals surface area contributed by atoms with Gasteiger partial charge in [-0.1, -0.05) is 0 Å². The fourth-order valence-corrected chi connectivity index (χ4v) is 1.24. The molecule has 1 heterocycles. The second kappa shape index (κ2) is 7.44. The van der Waals surface area contributed by atoms with Crippen LogP contribution in [0.5, 0.6) is 0 Å². The van der Waals surface area contributed by atoms with Crippen molar-refractivity contribution in [3.05, 3.63) is 16.3 Å². The minimum absolute atomic E-state index is 0.0124. The van der Waals surface area contributed by atoms with E-state index in [4.69, 9.17) is 10.5 Å². The van der Waals surface area contributed by atoms with Crippen molar-refractivity contribution in [2.24, 2.45) is 0 Å². The summed E-state index contributed by atoms with van der Waals surface area (Å²) in [7, 11) is 3.91. The van der Waals surface area contributed by atoms with Crippen LogP contribution in [0.2, 0.25) is 0 Å². The molecule has 0 bridgehead atoms. The molecule has 0 unspecified atom stereocenters. The van der Waals surface area contributed by atoms with Gasteiger partial charge in [0.1, 0.15) is 6.20 Å². The number of likely N-dealkylation sites (N-methyl/N-ethyl adjacent to an activating group) is 1. The molecule has 9 heteroatoms. The average molecular weight is 270 g/mol. The van der Waals surface area contributed by atoms with Gasteiger partial charge in [-0.25, -0.2) is 4.98 Å². The monoisotopic (exact) mass is 270 g/mol. The van der Waals surface area contributed by atoms with Crippen molar-refractivity contribution in [3.8, 4) is 0 Å². The number of nitrogens with zero attached hydrogens (tertiary/aromatic N) is 4. The van der Waals surface area contributed by atoms with Gasteiger partial charge in [0, 0.05) is 13.1 Å². The van der Waals surface area contributed by atoms with E-state index in [1.165, 1.54) is 0 Å². The number of aromatic nitrogens is 2. The first-order valence-electron chi connectivity index (χ1n) is 5.74. The highest BCUT2D eigenvalue weighted by atomic mass is 16.6. The summed E-state index contributed by atoms with van der Waals surface area (Å²) in [6.45, 7) is 2.25. The predicted molar refractivity (Wildman–Crippen MR) is 71.0 cm³/mol. The van der Waals surface area contributed by atoms with Gasteiger partial charge in [0.2, 0.25) is 11.8 Å². The standard InChI is InChI=1S/C10H18N6O3/c1-15(2)4-6-19-5-3-12-9-8(16(17)18)7-13-10(11)14-9/h7H,3-6H2,1-2H3,(H3,11,12,13,14).